The fourth-order valence-corrected chi connectivity index (χ4v) is 1.37. The van der Waals surface area contributed by atoms with Crippen LogP contribution in [-0.2, 0) is 0 Å². The summed E-state index contributed by atoms with van der Waals surface area (Å²) in [5.41, 5.74) is -0.136. The molecule has 0 fully saturated rings. The Morgan fingerprint density at radius 2 is 1.61 bits per heavy atom. The zero-order valence-electron chi connectivity index (χ0n) is 9.20. The molecule has 5 heteroatoms. The van der Waals surface area contributed by atoms with Crippen LogP contribution in [0.1, 0.15) is 10.4 Å². The number of para-hydroxylation sites is 1. The summed E-state index contributed by atoms with van der Waals surface area (Å²) in [5, 5.41) is 27.8. The van der Waals surface area contributed by atoms with E-state index in [0.29, 0.717) is 0 Å². The van der Waals surface area contributed by atoms with Gasteiger partial charge in [-0.3, -0.25) is 0 Å². The van der Waals surface area contributed by atoms with E-state index in [1.54, 1.807) is 0 Å². The summed E-state index contributed by atoms with van der Waals surface area (Å²) >= 11 is 0. The molecule has 0 unspecified atom stereocenters. The molecule has 5 nitrogen and oxygen atoms in total. The Labute approximate surface area is 103 Å². The highest BCUT2D eigenvalue weighted by Crippen LogP contribution is 2.29. The van der Waals surface area contributed by atoms with Gasteiger partial charge in [-0.25, -0.2) is 4.79 Å². The van der Waals surface area contributed by atoms with Crippen LogP contribution in [0, 0.1) is 0 Å². The first-order valence-electron chi connectivity index (χ1n) is 5.10. The van der Waals surface area contributed by atoms with Crippen molar-refractivity contribution >= 4 is 5.97 Å². The van der Waals surface area contributed by atoms with Crippen molar-refractivity contribution in [2.45, 2.75) is 0 Å². The number of aromatic hydroxyl groups is 3. The van der Waals surface area contributed by atoms with Gasteiger partial charge in [0.15, 0.2) is 11.5 Å². The van der Waals surface area contributed by atoms with Gasteiger partial charge in [-0.2, -0.15) is 0 Å². The number of phenols is 3. The van der Waals surface area contributed by atoms with Crippen LogP contribution in [0.3, 0.4) is 0 Å². The van der Waals surface area contributed by atoms with E-state index in [1.807, 2.05) is 0 Å². The highest BCUT2D eigenvalue weighted by Gasteiger charge is 2.15. The number of carbonyl (C=O) groups is 1. The van der Waals surface area contributed by atoms with Crippen molar-refractivity contribution in [1.82, 2.24) is 0 Å². The SMILES string of the molecule is O=C(Oc1ccc(O)cc1)c1cccc(O)c1O. The summed E-state index contributed by atoms with van der Waals surface area (Å²) in [5.74, 6) is -1.44. The standard InChI is InChI=1S/C13H10O5/c14-8-4-6-9(7-5-8)18-13(17)10-2-1-3-11(15)12(10)16/h1-7,14-16H. The zero-order valence-corrected chi connectivity index (χ0v) is 9.20. The molecule has 2 rings (SSSR count). The molecule has 0 aliphatic heterocycles. The lowest BCUT2D eigenvalue weighted by atomic mass is 10.2. The fraction of sp³-hybridized carbons (Fsp3) is 0. The molecule has 18 heavy (non-hydrogen) atoms. The normalized spacial score (nSPS) is 10.0. The maximum Gasteiger partial charge on any atom is 0.347 e. The minimum Gasteiger partial charge on any atom is -0.508 e. The van der Waals surface area contributed by atoms with Crippen LogP contribution in [0.25, 0.3) is 0 Å². The number of phenolic OH excluding ortho intramolecular Hbond substituents is 3. The zero-order chi connectivity index (χ0) is 13.1. The number of esters is 1. The average molecular weight is 246 g/mol. The van der Waals surface area contributed by atoms with Crippen molar-refractivity contribution < 1.29 is 24.9 Å². The van der Waals surface area contributed by atoms with E-state index in [9.17, 15) is 15.0 Å². The van der Waals surface area contributed by atoms with Crippen LogP contribution in [0.4, 0.5) is 0 Å². The molecule has 92 valence electrons. The second kappa shape index (κ2) is 4.67. The maximum absolute atomic E-state index is 11.7. The Morgan fingerprint density at radius 3 is 2.28 bits per heavy atom. The molecule has 0 aromatic heterocycles. The van der Waals surface area contributed by atoms with Gasteiger partial charge in [0.25, 0.3) is 0 Å². The number of hydrogen-bond donors (Lipinski definition) is 3. The first-order valence-corrected chi connectivity index (χ1v) is 5.10. The van der Waals surface area contributed by atoms with Crippen LogP contribution < -0.4 is 4.74 Å². The monoisotopic (exact) mass is 246 g/mol. The molecule has 2 aromatic rings. The predicted octanol–water partition coefficient (Wildman–Crippen LogP) is 2.02. The second-order valence-electron chi connectivity index (χ2n) is 3.56. The number of rotatable bonds is 2. The molecular formula is C13H10O5. The van der Waals surface area contributed by atoms with Crippen LogP contribution in [0.5, 0.6) is 23.0 Å². The summed E-state index contributed by atoms with van der Waals surface area (Å²) < 4.78 is 4.97. The lowest BCUT2D eigenvalue weighted by Crippen LogP contribution is -2.08. The molecule has 0 spiro atoms. The number of benzene rings is 2. The fourth-order valence-electron chi connectivity index (χ4n) is 1.37. The predicted molar refractivity (Wildman–Crippen MR) is 62.8 cm³/mol. The van der Waals surface area contributed by atoms with Crippen molar-refractivity contribution in [3.05, 3.63) is 48.0 Å². The number of ether oxygens (including phenoxy) is 1. The molecular weight excluding hydrogens is 236 g/mol. The van der Waals surface area contributed by atoms with E-state index in [-0.39, 0.29) is 17.1 Å². The van der Waals surface area contributed by atoms with Crippen molar-refractivity contribution in [2.24, 2.45) is 0 Å². The third-order valence-electron chi connectivity index (χ3n) is 2.28. The van der Waals surface area contributed by atoms with Gasteiger partial charge in [-0.05, 0) is 36.4 Å². The topological polar surface area (TPSA) is 87.0 Å². The number of carbonyl (C=O) groups excluding carboxylic acids is 1. The molecule has 0 aliphatic carbocycles. The van der Waals surface area contributed by atoms with E-state index in [4.69, 9.17) is 9.84 Å². The third kappa shape index (κ3) is 2.35. The van der Waals surface area contributed by atoms with Crippen molar-refractivity contribution in [3.8, 4) is 23.0 Å². The quantitative estimate of drug-likeness (QED) is 0.428. The van der Waals surface area contributed by atoms with E-state index >= 15 is 0 Å². The Kier molecular flexibility index (Phi) is 3.05. The maximum atomic E-state index is 11.7. The van der Waals surface area contributed by atoms with Gasteiger partial charge in [0, 0.05) is 0 Å². The summed E-state index contributed by atoms with van der Waals surface area (Å²) in [7, 11) is 0. The molecule has 3 N–H and O–H groups in total. The minimum absolute atomic E-state index is 0.0509. The van der Waals surface area contributed by atoms with Crippen LogP contribution >= 0.6 is 0 Å². The smallest absolute Gasteiger partial charge is 0.347 e. The molecule has 0 bridgehead atoms. The largest absolute Gasteiger partial charge is 0.508 e. The van der Waals surface area contributed by atoms with Gasteiger partial charge in [-0.1, -0.05) is 6.07 Å². The molecule has 0 aliphatic rings. The van der Waals surface area contributed by atoms with Crippen molar-refractivity contribution in [1.29, 1.82) is 0 Å². The summed E-state index contributed by atoms with van der Waals surface area (Å²) in [4.78, 5) is 11.7. The van der Waals surface area contributed by atoms with Gasteiger partial charge in [-0.15, -0.1) is 0 Å². The van der Waals surface area contributed by atoms with Gasteiger partial charge >= 0.3 is 5.97 Å². The average Bonchev–Trinajstić information content (AvgIpc) is 2.35. The number of hydrogen-bond acceptors (Lipinski definition) is 5. The van der Waals surface area contributed by atoms with Crippen molar-refractivity contribution in [3.63, 3.8) is 0 Å². The van der Waals surface area contributed by atoms with E-state index in [0.717, 1.165) is 0 Å². The Morgan fingerprint density at radius 1 is 0.944 bits per heavy atom. The second-order valence-corrected chi connectivity index (χ2v) is 3.56. The molecule has 0 radical (unpaired) electrons. The first-order chi connectivity index (χ1) is 8.58. The Hall–Kier alpha value is -2.69. The van der Waals surface area contributed by atoms with E-state index in [1.165, 1.54) is 42.5 Å². The van der Waals surface area contributed by atoms with Crippen molar-refractivity contribution in [2.75, 3.05) is 0 Å². The highest BCUT2D eigenvalue weighted by atomic mass is 16.5. The molecule has 0 heterocycles. The van der Waals surface area contributed by atoms with Gasteiger partial charge in [0.1, 0.15) is 17.1 Å². The van der Waals surface area contributed by atoms with Gasteiger partial charge < -0.3 is 20.1 Å². The molecule has 2 aromatic carbocycles. The molecule has 0 amide bonds. The van der Waals surface area contributed by atoms with Gasteiger partial charge in [0.2, 0.25) is 0 Å². The highest BCUT2D eigenvalue weighted by molar-refractivity contribution is 5.94. The van der Waals surface area contributed by atoms with E-state index in [2.05, 4.69) is 0 Å². The summed E-state index contributed by atoms with van der Waals surface area (Å²) in [6, 6.07) is 9.56. The van der Waals surface area contributed by atoms with Crippen LogP contribution in [-0.4, -0.2) is 21.3 Å². The molecule has 0 atom stereocenters. The lowest BCUT2D eigenvalue weighted by Gasteiger charge is -2.06. The molecule has 0 saturated carbocycles. The molecule has 0 saturated heterocycles. The van der Waals surface area contributed by atoms with E-state index < -0.39 is 17.5 Å². The van der Waals surface area contributed by atoms with Gasteiger partial charge in [0.05, 0.1) is 0 Å². The first kappa shape index (κ1) is 11.8. The van der Waals surface area contributed by atoms with Crippen LogP contribution in [0.2, 0.25) is 0 Å². The minimum atomic E-state index is -0.797. The van der Waals surface area contributed by atoms with Crippen LogP contribution in [0.15, 0.2) is 42.5 Å². The summed E-state index contributed by atoms with van der Waals surface area (Å²) in [6.07, 6.45) is 0. The summed E-state index contributed by atoms with van der Waals surface area (Å²) in [6.45, 7) is 0. The third-order valence-corrected chi connectivity index (χ3v) is 2.28. The lowest BCUT2D eigenvalue weighted by molar-refractivity contribution is 0.0730. The Balaban J connectivity index is 2.22. The Bertz CT molecular complexity index is 574.